The minimum atomic E-state index is 0.755. The maximum Gasteiger partial charge on any atom is 0.0468 e. The van der Waals surface area contributed by atoms with Crippen molar-refractivity contribution in [1.29, 1.82) is 0 Å². The van der Waals surface area contributed by atoms with E-state index in [1.165, 1.54) is 50.8 Å². The molecule has 0 bridgehead atoms. The van der Waals surface area contributed by atoms with Crippen LogP contribution >= 0.6 is 11.8 Å². The lowest BCUT2D eigenvalue weighted by molar-refractivity contribution is 0.0604. The van der Waals surface area contributed by atoms with Gasteiger partial charge in [-0.15, -0.1) is 0 Å². The molecule has 17 heavy (non-hydrogen) atoms. The molecule has 0 aromatic rings. The summed E-state index contributed by atoms with van der Waals surface area (Å²) in [7, 11) is 0. The molecule has 100 valence electrons. The van der Waals surface area contributed by atoms with Gasteiger partial charge in [-0.2, -0.15) is 11.8 Å². The van der Waals surface area contributed by atoms with Gasteiger partial charge in [0.2, 0.25) is 0 Å². The number of hydrogen-bond donors (Lipinski definition) is 1. The Kier molecular flexibility index (Phi) is 6.16. The topological polar surface area (TPSA) is 21.3 Å². The van der Waals surface area contributed by atoms with Gasteiger partial charge in [-0.3, -0.25) is 0 Å². The van der Waals surface area contributed by atoms with E-state index in [4.69, 9.17) is 4.74 Å². The van der Waals surface area contributed by atoms with E-state index in [2.05, 4.69) is 24.0 Å². The Balaban J connectivity index is 1.80. The normalized spacial score (nSPS) is 28.4. The first-order valence-corrected chi connectivity index (χ1v) is 8.37. The van der Waals surface area contributed by atoms with Crippen LogP contribution in [0.15, 0.2) is 0 Å². The molecule has 0 aromatic carbocycles. The van der Waals surface area contributed by atoms with Gasteiger partial charge in [0.25, 0.3) is 0 Å². The predicted octanol–water partition coefficient (Wildman–Crippen LogP) is 3.07. The van der Waals surface area contributed by atoms with E-state index in [1.54, 1.807) is 0 Å². The van der Waals surface area contributed by atoms with Crippen LogP contribution in [-0.2, 0) is 4.74 Å². The molecule has 0 spiro atoms. The predicted molar refractivity (Wildman–Crippen MR) is 75.7 cm³/mol. The molecule has 2 rings (SSSR count). The molecule has 2 nitrogen and oxygen atoms in total. The number of nitrogens with one attached hydrogen (secondary N) is 1. The van der Waals surface area contributed by atoms with Crippen LogP contribution in [0.1, 0.15) is 45.4 Å². The highest BCUT2D eigenvalue weighted by molar-refractivity contribution is 8.00. The van der Waals surface area contributed by atoms with Crippen molar-refractivity contribution < 1.29 is 4.74 Å². The fourth-order valence-electron chi connectivity index (χ4n) is 2.96. The van der Waals surface area contributed by atoms with Crippen LogP contribution in [0.2, 0.25) is 0 Å². The average molecular weight is 257 g/mol. The van der Waals surface area contributed by atoms with E-state index in [9.17, 15) is 0 Å². The van der Waals surface area contributed by atoms with Crippen LogP contribution in [0.3, 0.4) is 0 Å². The van der Waals surface area contributed by atoms with E-state index in [1.807, 2.05) is 0 Å². The first-order valence-electron chi connectivity index (χ1n) is 7.33. The Morgan fingerprint density at radius 3 is 2.76 bits per heavy atom. The van der Waals surface area contributed by atoms with Crippen LogP contribution in [-0.4, -0.2) is 36.8 Å². The summed E-state index contributed by atoms with van der Waals surface area (Å²) in [5.41, 5.74) is 0. The summed E-state index contributed by atoms with van der Waals surface area (Å²) in [4.78, 5) is 0. The molecule has 2 aliphatic rings. The van der Waals surface area contributed by atoms with E-state index < -0.39 is 0 Å². The van der Waals surface area contributed by atoms with Crippen LogP contribution in [0.5, 0.6) is 0 Å². The zero-order valence-electron chi connectivity index (χ0n) is 11.1. The largest absolute Gasteiger partial charge is 0.381 e. The smallest absolute Gasteiger partial charge is 0.0468 e. The van der Waals surface area contributed by atoms with Crippen molar-refractivity contribution in [2.24, 2.45) is 5.92 Å². The van der Waals surface area contributed by atoms with Gasteiger partial charge in [0, 0.05) is 24.5 Å². The average Bonchev–Trinajstić information content (AvgIpc) is 2.89. The van der Waals surface area contributed by atoms with Gasteiger partial charge in [-0.1, -0.05) is 6.92 Å². The van der Waals surface area contributed by atoms with Crippen molar-refractivity contribution in [2.75, 3.05) is 25.5 Å². The second-order valence-electron chi connectivity index (χ2n) is 5.40. The lowest BCUT2D eigenvalue weighted by atomic mass is 9.90. The van der Waals surface area contributed by atoms with Gasteiger partial charge in [0.1, 0.15) is 0 Å². The molecule has 1 N–H and O–H groups in total. The second kappa shape index (κ2) is 7.65. The Bertz CT molecular complexity index is 200. The molecule has 0 saturated carbocycles. The SMILES string of the molecule is CCCNC(CC1CCOCC1)C1CCCS1. The molecule has 2 saturated heterocycles. The maximum absolute atomic E-state index is 5.46. The minimum Gasteiger partial charge on any atom is -0.381 e. The van der Waals surface area contributed by atoms with Crippen molar-refractivity contribution in [3.63, 3.8) is 0 Å². The lowest BCUT2D eigenvalue weighted by Gasteiger charge is -2.30. The van der Waals surface area contributed by atoms with Gasteiger partial charge in [0.15, 0.2) is 0 Å². The van der Waals surface area contributed by atoms with Crippen LogP contribution < -0.4 is 5.32 Å². The number of rotatable bonds is 6. The fourth-order valence-corrected chi connectivity index (χ4v) is 4.37. The monoisotopic (exact) mass is 257 g/mol. The Morgan fingerprint density at radius 1 is 1.29 bits per heavy atom. The Hall–Kier alpha value is 0.270. The second-order valence-corrected chi connectivity index (χ2v) is 6.75. The molecule has 2 atom stereocenters. The van der Waals surface area contributed by atoms with Gasteiger partial charge in [-0.25, -0.2) is 0 Å². The molecule has 2 heterocycles. The Labute approximate surface area is 110 Å². The van der Waals surface area contributed by atoms with Crippen molar-refractivity contribution in [3.8, 4) is 0 Å². The van der Waals surface area contributed by atoms with E-state index in [0.717, 1.165) is 30.4 Å². The summed E-state index contributed by atoms with van der Waals surface area (Å²) in [6, 6.07) is 0.755. The molecule has 0 amide bonds. The Morgan fingerprint density at radius 2 is 2.12 bits per heavy atom. The fraction of sp³-hybridized carbons (Fsp3) is 1.00. The molecule has 0 aliphatic carbocycles. The molecule has 2 unspecified atom stereocenters. The zero-order valence-corrected chi connectivity index (χ0v) is 11.9. The molecule has 0 aromatic heterocycles. The summed E-state index contributed by atoms with van der Waals surface area (Å²) in [6.07, 6.45) is 8.04. The van der Waals surface area contributed by atoms with Gasteiger partial charge >= 0.3 is 0 Å². The highest BCUT2D eigenvalue weighted by atomic mass is 32.2. The molecular weight excluding hydrogens is 230 g/mol. The van der Waals surface area contributed by atoms with Crippen molar-refractivity contribution in [3.05, 3.63) is 0 Å². The third kappa shape index (κ3) is 4.46. The van der Waals surface area contributed by atoms with Gasteiger partial charge in [0.05, 0.1) is 0 Å². The van der Waals surface area contributed by atoms with Crippen LogP contribution in [0.4, 0.5) is 0 Å². The van der Waals surface area contributed by atoms with Crippen molar-refractivity contribution >= 4 is 11.8 Å². The van der Waals surface area contributed by atoms with Crippen molar-refractivity contribution in [2.45, 2.75) is 56.7 Å². The molecular formula is C14H27NOS. The highest BCUT2D eigenvalue weighted by Crippen LogP contribution is 2.32. The van der Waals surface area contributed by atoms with Crippen LogP contribution in [0, 0.1) is 5.92 Å². The summed E-state index contributed by atoms with van der Waals surface area (Å²) >= 11 is 2.20. The zero-order chi connectivity index (χ0) is 11.9. The lowest BCUT2D eigenvalue weighted by Crippen LogP contribution is -2.40. The maximum atomic E-state index is 5.46. The summed E-state index contributed by atoms with van der Waals surface area (Å²) in [6.45, 7) is 5.43. The number of hydrogen-bond acceptors (Lipinski definition) is 3. The van der Waals surface area contributed by atoms with Crippen LogP contribution in [0.25, 0.3) is 0 Å². The first kappa shape index (κ1) is 13.7. The minimum absolute atomic E-state index is 0.755. The van der Waals surface area contributed by atoms with Crippen molar-refractivity contribution in [1.82, 2.24) is 5.32 Å². The first-order chi connectivity index (χ1) is 8.40. The summed E-state index contributed by atoms with van der Waals surface area (Å²) < 4.78 is 5.46. The molecule has 3 heteroatoms. The molecule has 0 radical (unpaired) electrons. The molecule has 2 fully saturated rings. The van der Waals surface area contributed by atoms with Gasteiger partial charge < -0.3 is 10.1 Å². The molecule has 2 aliphatic heterocycles. The standard InChI is InChI=1S/C14H27NOS/c1-2-7-15-13(14-4-3-10-17-14)11-12-5-8-16-9-6-12/h12-15H,2-11H2,1H3. The number of ether oxygens (including phenoxy) is 1. The summed E-state index contributed by atoms with van der Waals surface area (Å²) in [5.74, 6) is 2.28. The quantitative estimate of drug-likeness (QED) is 0.790. The van der Waals surface area contributed by atoms with Gasteiger partial charge in [-0.05, 0) is 56.7 Å². The highest BCUT2D eigenvalue weighted by Gasteiger charge is 2.28. The van der Waals surface area contributed by atoms with E-state index in [-0.39, 0.29) is 0 Å². The third-order valence-corrected chi connectivity index (χ3v) is 5.52. The third-order valence-electron chi connectivity index (χ3n) is 4.00. The van der Waals surface area contributed by atoms with E-state index in [0.29, 0.717) is 0 Å². The van der Waals surface area contributed by atoms with E-state index >= 15 is 0 Å². The number of thioether (sulfide) groups is 1. The summed E-state index contributed by atoms with van der Waals surface area (Å²) in [5, 5.41) is 4.68.